The number of nitrogens with two attached hydrogens (primary N) is 2. The van der Waals surface area contributed by atoms with Crippen LogP contribution in [0.5, 0.6) is 0 Å². The molecule has 0 spiro atoms. The Bertz CT molecular complexity index is 233. The molecule has 0 fully saturated rings. The average Bonchev–Trinajstić information content (AvgIpc) is 2.22. The van der Waals surface area contributed by atoms with Gasteiger partial charge < -0.3 is 21.9 Å². The predicted molar refractivity (Wildman–Crippen MR) is 56.1 cm³/mol. The molecule has 0 bridgehead atoms. The largest absolute Gasteiger partial charge is 0.480 e. The molecule has 0 rings (SSSR count). The number of hydrogen-bond acceptors (Lipinski definition) is 4. The summed E-state index contributed by atoms with van der Waals surface area (Å²) in [6.07, 6.45) is 0.662. The Labute approximate surface area is 89.0 Å². The number of nitrogens with one attached hydrogen (secondary N) is 1. The highest BCUT2D eigenvalue weighted by atomic mass is 16.4. The second kappa shape index (κ2) is 6.36. The molecule has 6 nitrogen and oxygen atoms in total. The van der Waals surface area contributed by atoms with Gasteiger partial charge in [-0.1, -0.05) is 20.3 Å². The first kappa shape index (κ1) is 13.9. The van der Waals surface area contributed by atoms with Crippen LogP contribution in [0.3, 0.4) is 0 Å². The minimum Gasteiger partial charge on any atom is -0.480 e. The summed E-state index contributed by atoms with van der Waals surface area (Å²) in [5.74, 6) is -1.72. The number of aliphatic carboxylic acids is 1. The lowest BCUT2D eigenvalue weighted by molar-refractivity contribution is -0.143. The van der Waals surface area contributed by atoms with Crippen LogP contribution >= 0.6 is 0 Å². The molecule has 0 saturated carbocycles. The van der Waals surface area contributed by atoms with Crippen molar-refractivity contribution in [3.8, 4) is 0 Å². The van der Waals surface area contributed by atoms with E-state index in [-0.39, 0.29) is 12.5 Å². The van der Waals surface area contributed by atoms with Crippen LogP contribution in [0.4, 0.5) is 0 Å². The Morgan fingerprint density at radius 2 is 2.00 bits per heavy atom. The van der Waals surface area contributed by atoms with E-state index in [9.17, 15) is 9.59 Å². The Morgan fingerprint density at radius 3 is 2.33 bits per heavy atom. The maximum Gasteiger partial charge on any atom is 0.326 e. The number of amides is 1. The zero-order chi connectivity index (χ0) is 12.0. The van der Waals surface area contributed by atoms with E-state index < -0.39 is 24.0 Å². The molecule has 0 aliphatic rings. The van der Waals surface area contributed by atoms with Gasteiger partial charge in [0.05, 0.1) is 6.04 Å². The van der Waals surface area contributed by atoms with Gasteiger partial charge in [-0.15, -0.1) is 0 Å². The molecule has 0 aromatic heterocycles. The van der Waals surface area contributed by atoms with E-state index in [1.54, 1.807) is 6.92 Å². The Hall–Kier alpha value is -1.14. The minimum atomic E-state index is -1.05. The van der Waals surface area contributed by atoms with Crippen molar-refractivity contribution in [2.45, 2.75) is 32.4 Å². The lowest BCUT2D eigenvalue weighted by atomic mass is 9.99. The topological polar surface area (TPSA) is 118 Å². The van der Waals surface area contributed by atoms with Crippen molar-refractivity contribution >= 4 is 11.9 Å². The van der Waals surface area contributed by atoms with Crippen LogP contribution in [0.25, 0.3) is 0 Å². The third-order valence-electron chi connectivity index (χ3n) is 2.37. The summed E-state index contributed by atoms with van der Waals surface area (Å²) >= 11 is 0. The van der Waals surface area contributed by atoms with Gasteiger partial charge in [0, 0.05) is 6.54 Å². The number of carboxylic acids is 1. The molecule has 88 valence electrons. The molecular formula is C9H19N3O3. The first-order valence-electron chi connectivity index (χ1n) is 4.92. The molecule has 6 N–H and O–H groups in total. The number of carboxylic acid groups (broad SMARTS) is 1. The SMILES string of the molecule is CCC(C)[C@H](NC(=O)[C@@H](N)CN)C(=O)O. The first-order chi connectivity index (χ1) is 6.93. The van der Waals surface area contributed by atoms with Crippen molar-refractivity contribution in [3.05, 3.63) is 0 Å². The summed E-state index contributed by atoms with van der Waals surface area (Å²) in [4.78, 5) is 22.2. The van der Waals surface area contributed by atoms with Gasteiger partial charge in [0.1, 0.15) is 6.04 Å². The van der Waals surface area contributed by atoms with E-state index in [0.29, 0.717) is 6.42 Å². The average molecular weight is 217 g/mol. The van der Waals surface area contributed by atoms with Crippen LogP contribution in [0.1, 0.15) is 20.3 Å². The van der Waals surface area contributed by atoms with E-state index in [4.69, 9.17) is 16.6 Å². The maximum atomic E-state index is 11.3. The van der Waals surface area contributed by atoms with Gasteiger partial charge in [0.2, 0.25) is 5.91 Å². The zero-order valence-corrected chi connectivity index (χ0v) is 9.06. The van der Waals surface area contributed by atoms with Crippen molar-refractivity contribution in [1.29, 1.82) is 0 Å². The molecule has 0 saturated heterocycles. The summed E-state index contributed by atoms with van der Waals surface area (Å²) < 4.78 is 0. The molecule has 0 radical (unpaired) electrons. The molecule has 3 atom stereocenters. The van der Waals surface area contributed by atoms with Crippen molar-refractivity contribution in [2.75, 3.05) is 6.54 Å². The van der Waals surface area contributed by atoms with Crippen molar-refractivity contribution in [3.63, 3.8) is 0 Å². The van der Waals surface area contributed by atoms with E-state index in [1.807, 2.05) is 6.92 Å². The molecule has 0 aliphatic heterocycles. The maximum absolute atomic E-state index is 11.3. The lowest BCUT2D eigenvalue weighted by Gasteiger charge is -2.21. The molecule has 1 amide bonds. The predicted octanol–water partition coefficient (Wildman–Crippen LogP) is -1.11. The summed E-state index contributed by atoms with van der Waals surface area (Å²) in [6, 6.07) is -1.75. The molecular weight excluding hydrogens is 198 g/mol. The van der Waals surface area contributed by atoms with Crippen molar-refractivity contribution < 1.29 is 14.7 Å². The zero-order valence-electron chi connectivity index (χ0n) is 9.06. The number of carbonyl (C=O) groups excluding carboxylic acids is 1. The third-order valence-corrected chi connectivity index (χ3v) is 2.37. The van der Waals surface area contributed by atoms with Crippen LogP contribution in [0.2, 0.25) is 0 Å². The minimum absolute atomic E-state index is 0.00131. The fourth-order valence-corrected chi connectivity index (χ4v) is 1.05. The van der Waals surface area contributed by atoms with Crippen LogP contribution in [0, 0.1) is 5.92 Å². The molecule has 0 aromatic carbocycles. The summed E-state index contributed by atoms with van der Waals surface area (Å²) in [7, 11) is 0. The van der Waals surface area contributed by atoms with Gasteiger partial charge in [-0.3, -0.25) is 4.79 Å². The monoisotopic (exact) mass is 217 g/mol. The molecule has 6 heteroatoms. The van der Waals surface area contributed by atoms with Gasteiger partial charge in [-0.2, -0.15) is 0 Å². The Balaban J connectivity index is 4.42. The number of rotatable bonds is 6. The highest BCUT2D eigenvalue weighted by molar-refractivity contribution is 5.87. The summed E-state index contributed by atoms with van der Waals surface area (Å²) in [5.41, 5.74) is 10.6. The van der Waals surface area contributed by atoms with Gasteiger partial charge in [-0.25, -0.2) is 4.79 Å². The highest BCUT2D eigenvalue weighted by Gasteiger charge is 2.26. The fourth-order valence-electron chi connectivity index (χ4n) is 1.05. The molecule has 0 heterocycles. The molecule has 0 aliphatic carbocycles. The molecule has 0 aromatic rings. The number of hydrogen-bond donors (Lipinski definition) is 4. The van der Waals surface area contributed by atoms with Crippen LogP contribution < -0.4 is 16.8 Å². The number of carbonyl (C=O) groups is 2. The van der Waals surface area contributed by atoms with E-state index in [0.717, 1.165) is 0 Å². The van der Waals surface area contributed by atoms with Gasteiger partial charge >= 0.3 is 5.97 Å². The Kier molecular flexibility index (Phi) is 5.88. The second-order valence-corrected chi connectivity index (χ2v) is 3.55. The van der Waals surface area contributed by atoms with Crippen LogP contribution in [-0.2, 0) is 9.59 Å². The van der Waals surface area contributed by atoms with Crippen LogP contribution in [-0.4, -0.2) is 35.6 Å². The summed E-state index contributed by atoms with van der Waals surface area (Å²) in [5, 5.41) is 11.3. The standard InChI is InChI=1S/C9H19N3O3/c1-3-5(2)7(9(14)15)12-8(13)6(11)4-10/h5-7H,3-4,10-11H2,1-2H3,(H,12,13)(H,14,15)/t5?,6-,7-/m0/s1. The smallest absolute Gasteiger partial charge is 0.326 e. The van der Waals surface area contributed by atoms with Crippen LogP contribution in [0.15, 0.2) is 0 Å². The Morgan fingerprint density at radius 1 is 1.47 bits per heavy atom. The van der Waals surface area contributed by atoms with E-state index in [2.05, 4.69) is 5.32 Å². The molecule has 1 unspecified atom stereocenters. The molecule has 15 heavy (non-hydrogen) atoms. The quantitative estimate of drug-likeness (QED) is 0.450. The van der Waals surface area contributed by atoms with Crippen molar-refractivity contribution in [1.82, 2.24) is 5.32 Å². The third kappa shape index (κ3) is 4.26. The van der Waals surface area contributed by atoms with E-state index >= 15 is 0 Å². The van der Waals surface area contributed by atoms with Gasteiger partial charge in [0.15, 0.2) is 0 Å². The second-order valence-electron chi connectivity index (χ2n) is 3.55. The normalized spacial score (nSPS) is 16.5. The summed E-state index contributed by atoms with van der Waals surface area (Å²) in [6.45, 7) is 3.61. The van der Waals surface area contributed by atoms with Crippen molar-refractivity contribution in [2.24, 2.45) is 17.4 Å². The van der Waals surface area contributed by atoms with Gasteiger partial charge in [-0.05, 0) is 5.92 Å². The lowest BCUT2D eigenvalue weighted by Crippen LogP contribution is -2.53. The highest BCUT2D eigenvalue weighted by Crippen LogP contribution is 2.07. The van der Waals surface area contributed by atoms with E-state index in [1.165, 1.54) is 0 Å². The first-order valence-corrected chi connectivity index (χ1v) is 4.92. The fraction of sp³-hybridized carbons (Fsp3) is 0.778. The van der Waals surface area contributed by atoms with Gasteiger partial charge in [0.25, 0.3) is 0 Å².